The zero-order valence-corrected chi connectivity index (χ0v) is 14.6. The van der Waals surface area contributed by atoms with E-state index >= 15 is 0 Å². The summed E-state index contributed by atoms with van der Waals surface area (Å²) in [7, 11) is 0. The van der Waals surface area contributed by atoms with Gasteiger partial charge in [-0.2, -0.15) is 0 Å². The van der Waals surface area contributed by atoms with E-state index in [-0.39, 0.29) is 6.10 Å². The predicted molar refractivity (Wildman–Crippen MR) is 94.6 cm³/mol. The van der Waals surface area contributed by atoms with Gasteiger partial charge in [-0.3, -0.25) is 0 Å². The van der Waals surface area contributed by atoms with E-state index in [2.05, 4.69) is 6.92 Å². The molecule has 0 aliphatic rings. The van der Waals surface area contributed by atoms with Crippen LogP contribution in [0.4, 0.5) is 0 Å². The maximum absolute atomic E-state index is 9.56. The number of nitrogens with two attached hydrogens (primary N) is 1. The number of rotatable bonds is 17. The molecule has 0 rings (SSSR count). The fourth-order valence-corrected chi connectivity index (χ4v) is 2.91. The van der Waals surface area contributed by atoms with E-state index in [4.69, 9.17) is 5.73 Å². The number of aliphatic hydroxyl groups is 1. The number of hydrogen-bond donors (Lipinski definition) is 2. The van der Waals surface area contributed by atoms with Gasteiger partial charge in [0.05, 0.1) is 6.10 Å². The Morgan fingerprint density at radius 1 is 0.619 bits per heavy atom. The van der Waals surface area contributed by atoms with Gasteiger partial charge in [0.25, 0.3) is 0 Å². The van der Waals surface area contributed by atoms with Crippen molar-refractivity contribution in [3.05, 3.63) is 0 Å². The molecule has 0 aliphatic carbocycles. The highest BCUT2D eigenvalue weighted by atomic mass is 16.3. The van der Waals surface area contributed by atoms with Crippen LogP contribution in [0, 0.1) is 0 Å². The van der Waals surface area contributed by atoms with Crippen molar-refractivity contribution in [2.45, 2.75) is 116 Å². The van der Waals surface area contributed by atoms with Gasteiger partial charge in [0.15, 0.2) is 0 Å². The second-order valence-corrected chi connectivity index (χ2v) is 6.62. The van der Waals surface area contributed by atoms with Crippen LogP contribution >= 0.6 is 0 Å². The van der Waals surface area contributed by atoms with Crippen molar-refractivity contribution >= 4 is 0 Å². The third-order valence-corrected chi connectivity index (χ3v) is 4.39. The third-order valence-electron chi connectivity index (χ3n) is 4.39. The van der Waals surface area contributed by atoms with E-state index in [1.807, 2.05) is 0 Å². The van der Waals surface area contributed by atoms with Gasteiger partial charge in [-0.05, 0) is 19.4 Å². The first-order valence-corrected chi connectivity index (χ1v) is 9.69. The van der Waals surface area contributed by atoms with E-state index in [0.717, 1.165) is 12.8 Å². The molecule has 1 unspecified atom stereocenters. The number of hydrogen-bond acceptors (Lipinski definition) is 2. The summed E-state index contributed by atoms with van der Waals surface area (Å²) in [5, 5.41) is 9.56. The Hall–Kier alpha value is -0.0800. The molecule has 0 radical (unpaired) electrons. The minimum Gasteiger partial charge on any atom is -0.393 e. The van der Waals surface area contributed by atoms with Crippen molar-refractivity contribution in [1.82, 2.24) is 0 Å². The van der Waals surface area contributed by atoms with Gasteiger partial charge in [0.2, 0.25) is 0 Å². The van der Waals surface area contributed by atoms with Crippen LogP contribution in [0.25, 0.3) is 0 Å². The molecular weight excluding hydrogens is 258 g/mol. The smallest absolute Gasteiger partial charge is 0.0552 e. The molecule has 0 bridgehead atoms. The van der Waals surface area contributed by atoms with Gasteiger partial charge in [0.1, 0.15) is 0 Å². The summed E-state index contributed by atoms with van der Waals surface area (Å²) >= 11 is 0. The standard InChI is InChI=1S/C19H41NO/c1-2-3-4-5-6-7-8-9-10-11-12-13-14-15-16-19(21)17-18-20/h19,21H,2-18,20H2,1H3. The van der Waals surface area contributed by atoms with Gasteiger partial charge in [-0.1, -0.05) is 96.8 Å². The summed E-state index contributed by atoms with van der Waals surface area (Å²) in [6.45, 7) is 2.89. The molecule has 0 heterocycles. The average Bonchev–Trinajstić information content (AvgIpc) is 2.48. The molecule has 3 N–H and O–H groups in total. The van der Waals surface area contributed by atoms with Crippen LogP contribution in [0.15, 0.2) is 0 Å². The van der Waals surface area contributed by atoms with Crippen molar-refractivity contribution in [2.75, 3.05) is 6.54 Å². The minimum atomic E-state index is -0.160. The molecule has 128 valence electrons. The van der Waals surface area contributed by atoms with E-state index in [0.29, 0.717) is 6.54 Å². The fraction of sp³-hybridized carbons (Fsp3) is 1.00. The SMILES string of the molecule is CCCCCCCCCCCCCCCCC(O)CCN. The third kappa shape index (κ3) is 17.9. The van der Waals surface area contributed by atoms with Crippen LogP contribution in [0.2, 0.25) is 0 Å². The summed E-state index contributed by atoms with van der Waals surface area (Å²) in [5.41, 5.74) is 5.42. The molecule has 0 aromatic carbocycles. The van der Waals surface area contributed by atoms with E-state index in [1.165, 1.54) is 89.9 Å². The van der Waals surface area contributed by atoms with Crippen molar-refractivity contribution in [3.8, 4) is 0 Å². The fourth-order valence-electron chi connectivity index (χ4n) is 2.91. The largest absolute Gasteiger partial charge is 0.393 e. The first-order valence-electron chi connectivity index (χ1n) is 9.69. The zero-order chi connectivity index (χ0) is 15.6. The molecule has 21 heavy (non-hydrogen) atoms. The van der Waals surface area contributed by atoms with E-state index in [9.17, 15) is 5.11 Å². The second kappa shape index (κ2) is 18.0. The van der Waals surface area contributed by atoms with E-state index in [1.54, 1.807) is 0 Å². The average molecular weight is 300 g/mol. The molecule has 0 aromatic rings. The van der Waals surface area contributed by atoms with Crippen molar-refractivity contribution < 1.29 is 5.11 Å². The lowest BCUT2D eigenvalue weighted by molar-refractivity contribution is 0.153. The molecular formula is C19H41NO. The van der Waals surface area contributed by atoms with Gasteiger partial charge in [0, 0.05) is 0 Å². The van der Waals surface area contributed by atoms with Crippen LogP contribution in [-0.2, 0) is 0 Å². The summed E-state index contributed by atoms with van der Waals surface area (Å²) < 4.78 is 0. The highest BCUT2D eigenvalue weighted by Crippen LogP contribution is 2.14. The van der Waals surface area contributed by atoms with E-state index < -0.39 is 0 Å². The zero-order valence-electron chi connectivity index (χ0n) is 14.6. The highest BCUT2D eigenvalue weighted by Gasteiger charge is 2.01. The van der Waals surface area contributed by atoms with Gasteiger partial charge < -0.3 is 10.8 Å². The Bertz CT molecular complexity index is 184. The quantitative estimate of drug-likeness (QED) is 0.345. The molecule has 2 heteroatoms. The predicted octanol–water partition coefficient (Wildman–Crippen LogP) is 5.57. The molecule has 0 aromatic heterocycles. The van der Waals surface area contributed by atoms with Crippen LogP contribution in [0.3, 0.4) is 0 Å². The minimum absolute atomic E-state index is 0.160. The molecule has 1 atom stereocenters. The Morgan fingerprint density at radius 2 is 1.00 bits per heavy atom. The molecule has 0 fully saturated rings. The first kappa shape index (κ1) is 20.9. The maximum Gasteiger partial charge on any atom is 0.0552 e. The van der Waals surface area contributed by atoms with Gasteiger partial charge in [-0.25, -0.2) is 0 Å². The first-order chi connectivity index (χ1) is 10.3. The van der Waals surface area contributed by atoms with Crippen molar-refractivity contribution in [3.63, 3.8) is 0 Å². The van der Waals surface area contributed by atoms with Crippen LogP contribution < -0.4 is 5.73 Å². The Kier molecular flexibility index (Phi) is 17.9. The Balaban J connectivity index is 2.99. The lowest BCUT2D eigenvalue weighted by Crippen LogP contribution is -2.12. The Morgan fingerprint density at radius 3 is 1.38 bits per heavy atom. The normalized spacial score (nSPS) is 12.7. The van der Waals surface area contributed by atoms with Crippen molar-refractivity contribution in [2.24, 2.45) is 5.73 Å². The van der Waals surface area contributed by atoms with Crippen LogP contribution in [-0.4, -0.2) is 17.8 Å². The van der Waals surface area contributed by atoms with Crippen molar-refractivity contribution in [1.29, 1.82) is 0 Å². The summed E-state index contributed by atoms with van der Waals surface area (Å²) in [4.78, 5) is 0. The lowest BCUT2D eigenvalue weighted by atomic mass is 10.0. The summed E-state index contributed by atoms with van der Waals surface area (Å²) in [6.07, 6.45) is 21.0. The topological polar surface area (TPSA) is 46.2 Å². The molecule has 0 amide bonds. The van der Waals surface area contributed by atoms with Crippen LogP contribution in [0.1, 0.15) is 110 Å². The van der Waals surface area contributed by atoms with Gasteiger partial charge >= 0.3 is 0 Å². The molecule has 0 saturated carbocycles. The summed E-state index contributed by atoms with van der Waals surface area (Å²) in [6, 6.07) is 0. The molecule has 0 spiro atoms. The highest BCUT2D eigenvalue weighted by molar-refractivity contribution is 4.56. The second-order valence-electron chi connectivity index (χ2n) is 6.62. The molecule has 2 nitrogen and oxygen atoms in total. The lowest BCUT2D eigenvalue weighted by Gasteiger charge is -2.08. The van der Waals surface area contributed by atoms with Crippen LogP contribution in [0.5, 0.6) is 0 Å². The summed E-state index contributed by atoms with van der Waals surface area (Å²) in [5.74, 6) is 0. The molecule has 0 aliphatic heterocycles. The maximum atomic E-state index is 9.56. The molecule has 0 saturated heterocycles. The number of unbranched alkanes of at least 4 members (excludes halogenated alkanes) is 13. The number of aliphatic hydroxyl groups excluding tert-OH is 1. The Labute approximate surface area is 133 Å². The van der Waals surface area contributed by atoms with Gasteiger partial charge in [-0.15, -0.1) is 0 Å². The monoisotopic (exact) mass is 299 g/mol.